The molecule has 3 heterocycles. The van der Waals surface area contributed by atoms with E-state index < -0.39 is 24.7 Å². The van der Waals surface area contributed by atoms with Gasteiger partial charge in [-0.3, -0.25) is 4.79 Å². The van der Waals surface area contributed by atoms with Gasteiger partial charge in [-0.1, -0.05) is 6.07 Å². The van der Waals surface area contributed by atoms with Crippen LogP contribution in [0.25, 0.3) is 16.9 Å². The smallest absolute Gasteiger partial charge is 0.259 e. The molecule has 1 N–H and O–H groups in total. The molecular formula is C20H17F3N6O. The van der Waals surface area contributed by atoms with E-state index in [1.165, 1.54) is 18.3 Å². The Kier molecular flexibility index (Phi) is 4.98. The molecule has 0 spiro atoms. The number of anilines is 1. The highest BCUT2D eigenvalue weighted by atomic mass is 19.3. The van der Waals surface area contributed by atoms with E-state index in [0.29, 0.717) is 22.3 Å². The van der Waals surface area contributed by atoms with Crippen LogP contribution < -0.4 is 5.32 Å². The second-order valence-corrected chi connectivity index (χ2v) is 6.88. The molecular weight excluding hydrogens is 397 g/mol. The number of halogens is 3. The summed E-state index contributed by atoms with van der Waals surface area (Å²) >= 11 is 0. The fourth-order valence-electron chi connectivity index (χ4n) is 3.08. The van der Waals surface area contributed by atoms with Gasteiger partial charge in [-0.25, -0.2) is 27.4 Å². The molecule has 30 heavy (non-hydrogen) atoms. The zero-order valence-corrected chi connectivity index (χ0v) is 16.1. The van der Waals surface area contributed by atoms with Crippen LogP contribution in [0.15, 0.2) is 43.0 Å². The van der Waals surface area contributed by atoms with Gasteiger partial charge in [0.25, 0.3) is 12.3 Å². The Bertz CT molecular complexity index is 1250. The molecule has 7 nitrogen and oxygen atoms in total. The first kappa shape index (κ1) is 19.6. The molecule has 0 bridgehead atoms. The summed E-state index contributed by atoms with van der Waals surface area (Å²) < 4.78 is 42.1. The van der Waals surface area contributed by atoms with Gasteiger partial charge in [0.15, 0.2) is 5.82 Å². The second-order valence-electron chi connectivity index (χ2n) is 6.88. The molecule has 0 aliphatic heterocycles. The lowest BCUT2D eigenvalue weighted by Crippen LogP contribution is -2.13. The zero-order chi connectivity index (χ0) is 21.4. The van der Waals surface area contributed by atoms with Crippen LogP contribution in [-0.4, -0.2) is 36.7 Å². The van der Waals surface area contributed by atoms with Crippen molar-refractivity contribution >= 4 is 17.1 Å². The van der Waals surface area contributed by atoms with Crippen molar-refractivity contribution in [3.63, 3.8) is 0 Å². The second kappa shape index (κ2) is 7.62. The van der Waals surface area contributed by atoms with Gasteiger partial charge in [0.05, 0.1) is 22.8 Å². The Balaban J connectivity index is 1.65. The number of carbonyl (C=O) groups excluding carboxylic acids is 1. The minimum Gasteiger partial charge on any atom is -0.322 e. The number of nitrogens with zero attached hydrogens (tertiary/aromatic N) is 5. The van der Waals surface area contributed by atoms with Gasteiger partial charge in [0.1, 0.15) is 18.7 Å². The molecule has 0 saturated heterocycles. The third-order valence-corrected chi connectivity index (χ3v) is 4.57. The van der Waals surface area contributed by atoms with Crippen molar-refractivity contribution in [2.24, 2.45) is 0 Å². The van der Waals surface area contributed by atoms with Crippen molar-refractivity contribution < 1.29 is 18.0 Å². The van der Waals surface area contributed by atoms with E-state index in [1.54, 1.807) is 23.7 Å². The van der Waals surface area contributed by atoms with Crippen LogP contribution in [0.4, 0.5) is 18.9 Å². The minimum absolute atomic E-state index is 0.000551. The number of hydrogen-bond acceptors (Lipinski definition) is 4. The summed E-state index contributed by atoms with van der Waals surface area (Å²) in [6, 6.07) is 6.29. The number of amides is 1. The lowest BCUT2D eigenvalue weighted by molar-refractivity contribution is 0.102. The standard InChI is InChI=1S/C20H17F3N6O/c1-11-3-4-17-14(7-25-29(17)8-11)20(30)26-16-6-13(15(21)5-12(16)2)19-24-10-28(27-19)9-18(22)23/h3-8,10,18H,9H2,1-2H3,(H,26,30). The third kappa shape index (κ3) is 3.76. The number of aryl methyl sites for hydroxylation is 2. The van der Waals surface area contributed by atoms with Crippen LogP contribution >= 0.6 is 0 Å². The van der Waals surface area contributed by atoms with Gasteiger partial charge >= 0.3 is 0 Å². The van der Waals surface area contributed by atoms with Gasteiger partial charge in [0, 0.05) is 11.9 Å². The highest BCUT2D eigenvalue weighted by Gasteiger charge is 2.18. The highest BCUT2D eigenvalue weighted by Crippen LogP contribution is 2.27. The summed E-state index contributed by atoms with van der Waals surface area (Å²) in [6.45, 7) is 2.92. The number of rotatable bonds is 5. The van der Waals surface area contributed by atoms with Crippen LogP contribution in [0.3, 0.4) is 0 Å². The van der Waals surface area contributed by atoms with E-state index in [0.717, 1.165) is 16.6 Å². The Morgan fingerprint density at radius 1 is 1.23 bits per heavy atom. The molecule has 3 aromatic heterocycles. The Morgan fingerprint density at radius 2 is 2.03 bits per heavy atom. The third-order valence-electron chi connectivity index (χ3n) is 4.57. The van der Waals surface area contributed by atoms with E-state index >= 15 is 0 Å². The van der Waals surface area contributed by atoms with Crippen LogP contribution in [0.2, 0.25) is 0 Å². The number of carbonyl (C=O) groups is 1. The van der Waals surface area contributed by atoms with Crippen molar-refractivity contribution in [1.29, 1.82) is 0 Å². The number of aromatic nitrogens is 5. The number of benzene rings is 1. The first-order valence-corrected chi connectivity index (χ1v) is 9.05. The molecule has 0 atom stereocenters. The van der Waals surface area contributed by atoms with Crippen LogP contribution in [-0.2, 0) is 6.54 Å². The average molecular weight is 414 g/mol. The topological polar surface area (TPSA) is 77.1 Å². The molecule has 4 rings (SSSR count). The van der Waals surface area contributed by atoms with E-state index in [2.05, 4.69) is 20.5 Å². The lowest BCUT2D eigenvalue weighted by Gasteiger charge is -2.10. The minimum atomic E-state index is -2.60. The molecule has 4 aromatic rings. The normalized spacial score (nSPS) is 11.4. The summed E-state index contributed by atoms with van der Waals surface area (Å²) in [5.41, 5.74) is 2.83. The molecule has 1 amide bonds. The van der Waals surface area contributed by atoms with Crippen molar-refractivity contribution in [2.45, 2.75) is 26.8 Å². The first-order chi connectivity index (χ1) is 14.3. The molecule has 0 aliphatic rings. The number of fused-ring (bicyclic) bond motifs is 1. The van der Waals surface area contributed by atoms with Crippen LogP contribution in [0.5, 0.6) is 0 Å². The SMILES string of the molecule is Cc1ccc2c(C(=O)Nc3cc(-c4ncn(CC(F)F)n4)c(F)cc3C)cnn2c1. The fourth-order valence-corrected chi connectivity index (χ4v) is 3.08. The molecule has 10 heteroatoms. The summed E-state index contributed by atoms with van der Waals surface area (Å²) in [6.07, 6.45) is 1.76. The first-order valence-electron chi connectivity index (χ1n) is 9.05. The van der Waals surface area contributed by atoms with Crippen LogP contribution in [0, 0.1) is 19.7 Å². The summed E-state index contributed by atoms with van der Waals surface area (Å²) in [5, 5.41) is 10.8. The van der Waals surface area contributed by atoms with E-state index in [-0.39, 0.29) is 11.4 Å². The fraction of sp³-hybridized carbons (Fsp3) is 0.200. The molecule has 0 aliphatic carbocycles. The Hall–Kier alpha value is -3.69. The summed E-state index contributed by atoms with van der Waals surface area (Å²) in [5.74, 6) is -1.08. The Morgan fingerprint density at radius 3 is 2.80 bits per heavy atom. The highest BCUT2D eigenvalue weighted by molar-refractivity contribution is 6.09. The number of nitrogens with one attached hydrogen (secondary N) is 1. The lowest BCUT2D eigenvalue weighted by atomic mass is 10.1. The average Bonchev–Trinajstić information content (AvgIpc) is 3.30. The number of pyridine rings is 1. The van der Waals surface area contributed by atoms with Gasteiger partial charge in [-0.05, 0) is 43.2 Å². The molecule has 0 unspecified atom stereocenters. The van der Waals surface area contributed by atoms with Gasteiger partial charge in [-0.15, -0.1) is 0 Å². The predicted octanol–water partition coefficient (Wildman–Crippen LogP) is 3.87. The maximum Gasteiger partial charge on any atom is 0.259 e. The molecule has 1 aromatic carbocycles. The zero-order valence-electron chi connectivity index (χ0n) is 16.1. The summed E-state index contributed by atoms with van der Waals surface area (Å²) in [7, 11) is 0. The van der Waals surface area contributed by atoms with Crippen molar-refractivity contribution in [1.82, 2.24) is 24.4 Å². The van der Waals surface area contributed by atoms with Gasteiger partial charge in [0.2, 0.25) is 0 Å². The van der Waals surface area contributed by atoms with E-state index in [4.69, 9.17) is 0 Å². The van der Waals surface area contributed by atoms with Crippen molar-refractivity contribution in [3.8, 4) is 11.4 Å². The van der Waals surface area contributed by atoms with Crippen molar-refractivity contribution in [3.05, 3.63) is 65.5 Å². The number of hydrogen-bond donors (Lipinski definition) is 1. The summed E-state index contributed by atoms with van der Waals surface area (Å²) in [4.78, 5) is 16.7. The monoisotopic (exact) mass is 414 g/mol. The quantitative estimate of drug-likeness (QED) is 0.538. The van der Waals surface area contributed by atoms with Crippen molar-refractivity contribution in [2.75, 3.05) is 5.32 Å². The molecule has 154 valence electrons. The van der Waals surface area contributed by atoms with Gasteiger partial charge < -0.3 is 5.32 Å². The maximum absolute atomic E-state index is 14.5. The maximum atomic E-state index is 14.5. The largest absolute Gasteiger partial charge is 0.322 e. The van der Waals surface area contributed by atoms with Crippen LogP contribution in [0.1, 0.15) is 21.5 Å². The number of alkyl halides is 2. The predicted molar refractivity (Wildman–Crippen MR) is 104 cm³/mol. The Labute approximate surface area is 169 Å². The molecule has 0 saturated carbocycles. The molecule has 0 fully saturated rings. The van der Waals surface area contributed by atoms with E-state index in [9.17, 15) is 18.0 Å². The molecule has 0 radical (unpaired) electrons. The van der Waals surface area contributed by atoms with Gasteiger partial charge in [-0.2, -0.15) is 10.2 Å². The van der Waals surface area contributed by atoms with E-state index in [1.807, 2.05) is 13.0 Å².